The molecule has 0 saturated heterocycles. The van der Waals surface area contributed by atoms with E-state index < -0.39 is 11.0 Å². The summed E-state index contributed by atoms with van der Waals surface area (Å²) in [6.07, 6.45) is -0.723. The summed E-state index contributed by atoms with van der Waals surface area (Å²) < 4.78 is 5.15. The summed E-state index contributed by atoms with van der Waals surface area (Å²) in [5, 5.41) is 13.6. The van der Waals surface area contributed by atoms with Crippen molar-refractivity contribution in [1.29, 1.82) is 0 Å². The highest BCUT2D eigenvalue weighted by molar-refractivity contribution is 6.29. The Bertz CT molecular complexity index is 1040. The van der Waals surface area contributed by atoms with Gasteiger partial charge in [0.15, 0.2) is 0 Å². The van der Waals surface area contributed by atoms with Crippen LogP contribution in [0.3, 0.4) is 0 Å². The van der Waals surface area contributed by atoms with Gasteiger partial charge < -0.3 is 9.64 Å². The number of nitrogens with one attached hydrogen (secondary N) is 1. The van der Waals surface area contributed by atoms with Crippen LogP contribution in [-0.2, 0) is 0 Å². The van der Waals surface area contributed by atoms with E-state index in [0.717, 1.165) is 5.69 Å². The Kier molecular flexibility index (Phi) is 7.51. The molecule has 11 heteroatoms. The summed E-state index contributed by atoms with van der Waals surface area (Å²) in [7, 11) is 1.81. The molecular formula is C19H17Cl2N5O4. The monoisotopic (exact) mass is 449 g/mol. The zero-order valence-electron chi connectivity index (χ0n) is 15.9. The average molecular weight is 450 g/mol. The van der Waals surface area contributed by atoms with Crippen LogP contribution in [0.5, 0.6) is 5.75 Å². The molecule has 30 heavy (non-hydrogen) atoms. The number of aryl methyl sites for hydroxylation is 1. The number of hydrogen-bond acceptors (Lipinski definition) is 7. The van der Waals surface area contributed by atoms with Crippen molar-refractivity contribution < 1.29 is 14.5 Å². The number of carbonyl (C=O) groups excluding carboxylic acids is 1. The Morgan fingerprint density at radius 2 is 1.87 bits per heavy atom. The third-order valence-electron chi connectivity index (χ3n) is 3.87. The molecule has 1 N–H and O–H groups in total. The molecule has 0 aliphatic rings. The number of ether oxygens (including phenoxy) is 1. The molecule has 0 radical (unpaired) electrons. The lowest BCUT2D eigenvalue weighted by Crippen LogP contribution is -2.17. The van der Waals surface area contributed by atoms with Crippen molar-refractivity contribution in [2.45, 2.75) is 6.92 Å². The fourth-order valence-corrected chi connectivity index (χ4v) is 2.72. The van der Waals surface area contributed by atoms with Crippen LogP contribution in [0.4, 0.5) is 27.7 Å². The van der Waals surface area contributed by atoms with Gasteiger partial charge in [-0.2, -0.15) is 0 Å². The number of aromatic nitrogens is 2. The first-order valence-corrected chi connectivity index (χ1v) is 8.78. The highest BCUT2D eigenvalue weighted by atomic mass is 35.5. The smallest absolute Gasteiger partial charge is 0.410 e. The van der Waals surface area contributed by atoms with Gasteiger partial charge in [0, 0.05) is 36.6 Å². The molecule has 0 aliphatic heterocycles. The SMILES string of the molecule is Cc1nc(Cl)cc(N(C)c2cccc(NC(=O)Oc3ccc([N+](=O)[O-])cc3)c2)n1.Cl. The second kappa shape index (κ2) is 9.86. The maximum atomic E-state index is 12.1. The number of benzene rings is 2. The van der Waals surface area contributed by atoms with Crippen LogP contribution in [0.2, 0.25) is 5.15 Å². The Morgan fingerprint density at radius 1 is 1.17 bits per heavy atom. The molecule has 0 bridgehead atoms. The summed E-state index contributed by atoms with van der Waals surface area (Å²) in [5.41, 5.74) is 1.17. The fraction of sp³-hybridized carbons (Fsp3) is 0.105. The molecule has 1 aromatic heterocycles. The Hall–Kier alpha value is -3.43. The predicted octanol–water partition coefficient (Wildman–Crippen LogP) is 5.15. The van der Waals surface area contributed by atoms with E-state index in [1.165, 1.54) is 24.3 Å². The van der Waals surface area contributed by atoms with Gasteiger partial charge in [0.25, 0.3) is 5.69 Å². The summed E-state index contributed by atoms with van der Waals surface area (Å²) >= 11 is 6.00. The number of amides is 1. The zero-order chi connectivity index (χ0) is 21.0. The molecule has 3 aromatic rings. The molecule has 9 nitrogen and oxygen atoms in total. The second-order valence-corrected chi connectivity index (χ2v) is 6.36. The number of carbonyl (C=O) groups is 1. The first-order valence-electron chi connectivity index (χ1n) is 8.40. The van der Waals surface area contributed by atoms with Gasteiger partial charge in [-0.15, -0.1) is 12.4 Å². The van der Waals surface area contributed by atoms with Gasteiger partial charge in [0.2, 0.25) is 0 Å². The Labute approximate surface area is 183 Å². The van der Waals surface area contributed by atoms with Gasteiger partial charge in [0.05, 0.1) is 4.92 Å². The minimum atomic E-state index is -0.723. The topological polar surface area (TPSA) is 110 Å². The van der Waals surface area contributed by atoms with Gasteiger partial charge >= 0.3 is 6.09 Å². The van der Waals surface area contributed by atoms with Crippen LogP contribution >= 0.6 is 24.0 Å². The fourth-order valence-electron chi connectivity index (χ4n) is 2.50. The van der Waals surface area contributed by atoms with Crippen molar-refractivity contribution in [2.24, 2.45) is 0 Å². The number of nitro groups is 1. The van der Waals surface area contributed by atoms with Crippen LogP contribution in [0.15, 0.2) is 54.6 Å². The summed E-state index contributed by atoms with van der Waals surface area (Å²) in [6, 6.07) is 13.9. The molecule has 0 fully saturated rings. The van der Waals surface area contributed by atoms with Crippen molar-refractivity contribution in [2.75, 3.05) is 17.3 Å². The van der Waals surface area contributed by atoms with Gasteiger partial charge in [-0.3, -0.25) is 15.4 Å². The van der Waals surface area contributed by atoms with Crippen molar-refractivity contribution in [3.05, 3.63) is 75.7 Å². The van der Waals surface area contributed by atoms with Crippen molar-refractivity contribution in [3.63, 3.8) is 0 Å². The lowest BCUT2D eigenvalue weighted by atomic mass is 10.2. The molecule has 1 heterocycles. The largest absolute Gasteiger partial charge is 0.417 e. The van der Waals surface area contributed by atoms with E-state index in [1.807, 2.05) is 13.1 Å². The molecule has 0 spiro atoms. The summed E-state index contributed by atoms with van der Waals surface area (Å²) in [5.74, 6) is 1.33. The summed E-state index contributed by atoms with van der Waals surface area (Å²) in [6.45, 7) is 1.75. The Balaban J connectivity index is 0.00000320. The van der Waals surface area contributed by atoms with Crippen LogP contribution in [-0.4, -0.2) is 28.0 Å². The van der Waals surface area contributed by atoms with Crippen molar-refractivity contribution in [1.82, 2.24) is 9.97 Å². The lowest BCUT2D eigenvalue weighted by molar-refractivity contribution is -0.384. The van der Waals surface area contributed by atoms with Crippen LogP contribution in [0.25, 0.3) is 0 Å². The van der Waals surface area contributed by atoms with Gasteiger partial charge in [-0.25, -0.2) is 14.8 Å². The van der Waals surface area contributed by atoms with Gasteiger partial charge in [0.1, 0.15) is 22.5 Å². The number of nitrogens with zero attached hydrogens (tertiary/aromatic N) is 4. The van der Waals surface area contributed by atoms with E-state index in [1.54, 1.807) is 36.1 Å². The average Bonchev–Trinajstić information content (AvgIpc) is 2.67. The molecule has 0 saturated carbocycles. The van der Waals surface area contributed by atoms with E-state index in [9.17, 15) is 14.9 Å². The van der Waals surface area contributed by atoms with Crippen LogP contribution in [0, 0.1) is 17.0 Å². The number of halogens is 2. The first kappa shape index (κ1) is 22.9. The summed E-state index contributed by atoms with van der Waals surface area (Å²) in [4.78, 5) is 32.4. The molecule has 0 atom stereocenters. The van der Waals surface area contributed by atoms with Crippen molar-refractivity contribution in [3.8, 4) is 5.75 Å². The molecule has 2 aromatic carbocycles. The number of hydrogen-bond donors (Lipinski definition) is 1. The number of nitro benzene ring substituents is 1. The van der Waals surface area contributed by atoms with Crippen molar-refractivity contribution >= 4 is 53.0 Å². The predicted molar refractivity (Wildman–Crippen MR) is 116 cm³/mol. The van der Waals surface area contributed by atoms with E-state index in [-0.39, 0.29) is 23.8 Å². The third-order valence-corrected chi connectivity index (χ3v) is 4.07. The maximum Gasteiger partial charge on any atom is 0.417 e. The van der Waals surface area contributed by atoms with E-state index in [4.69, 9.17) is 16.3 Å². The number of non-ortho nitro benzene ring substituents is 1. The lowest BCUT2D eigenvalue weighted by Gasteiger charge is -2.19. The normalized spacial score (nSPS) is 9.97. The zero-order valence-corrected chi connectivity index (χ0v) is 17.5. The second-order valence-electron chi connectivity index (χ2n) is 5.97. The number of anilines is 3. The Morgan fingerprint density at radius 3 is 2.50 bits per heavy atom. The molecule has 3 rings (SSSR count). The van der Waals surface area contributed by atoms with Gasteiger partial charge in [-0.05, 0) is 37.3 Å². The minimum absolute atomic E-state index is 0. The highest BCUT2D eigenvalue weighted by Crippen LogP contribution is 2.26. The first-order chi connectivity index (χ1) is 13.8. The molecule has 0 unspecified atom stereocenters. The highest BCUT2D eigenvalue weighted by Gasteiger charge is 2.11. The standard InChI is InChI=1S/C19H16ClN5O4.ClH/c1-12-21-17(20)11-18(22-12)24(2)15-5-3-4-13(10-15)23-19(26)29-16-8-6-14(7-9-16)25(27)28;/h3-11H,1-2H3,(H,23,26);1H. The van der Waals surface area contributed by atoms with E-state index in [0.29, 0.717) is 22.5 Å². The maximum absolute atomic E-state index is 12.1. The third kappa shape index (κ3) is 5.79. The quantitative estimate of drug-likeness (QED) is 0.325. The van der Waals surface area contributed by atoms with Gasteiger partial charge in [-0.1, -0.05) is 17.7 Å². The molecular weight excluding hydrogens is 433 g/mol. The molecule has 156 valence electrons. The van der Waals surface area contributed by atoms with Crippen LogP contribution < -0.4 is 15.0 Å². The molecule has 1 amide bonds. The van der Waals surface area contributed by atoms with E-state index in [2.05, 4.69) is 15.3 Å². The number of rotatable bonds is 5. The van der Waals surface area contributed by atoms with E-state index >= 15 is 0 Å². The minimum Gasteiger partial charge on any atom is -0.410 e. The van der Waals surface area contributed by atoms with Crippen LogP contribution in [0.1, 0.15) is 5.82 Å². The molecule has 0 aliphatic carbocycles.